The zero-order valence-corrected chi connectivity index (χ0v) is 23.5. The molecule has 5 atom stereocenters. The summed E-state index contributed by atoms with van der Waals surface area (Å²) >= 11 is 0. The van der Waals surface area contributed by atoms with Crippen LogP contribution in [0.15, 0.2) is 127 Å². The molecule has 1 aliphatic carbocycles. The fourth-order valence-corrected chi connectivity index (χ4v) is 7.52. The first-order valence-corrected chi connectivity index (χ1v) is 14.6. The summed E-state index contributed by atoms with van der Waals surface area (Å²) in [7, 11) is 1.82. The summed E-state index contributed by atoms with van der Waals surface area (Å²) in [5.74, 6) is -1.93. The number of para-hydroxylation sites is 1. The van der Waals surface area contributed by atoms with Crippen LogP contribution < -0.4 is 4.90 Å². The Bertz CT molecular complexity index is 1680. The van der Waals surface area contributed by atoms with Gasteiger partial charge in [0.1, 0.15) is 5.41 Å². The van der Waals surface area contributed by atoms with Crippen LogP contribution in [-0.2, 0) is 26.3 Å². The SMILES string of the molecule is CN1C(=O)[C@](C[C@H]2C=C[C@@H](c3ccccc3)[C@H]3C(=O)N(Cc4ccccc4)C(=O)[C@H]32)(c2ccccc2)c2ccccc21. The Morgan fingerprint density at radius 2 is 1.26 bits per heavy atom. The van der Waals surface area contributed by atoms with Crippen LogP contribution in [0.25, 0.3) is 0 Å². The van der Waals surface area contributed by atoms with Gasteiger partial charge in [-0.15, -0.1) is 0 Å². The van der Waals surface area contributed by atoms with Gasteiger partial charge in [0.25, 0.3) is 0 Å². The van der Waals surface area contributed by atoms with Crippen molar-refractivity contribution in [2.45, 2.75) is 24.3 Å². The van der Waals surface area contributed by atoms with Crippen molar-refractivity contribution in [3.05, 3.63) is 150 Å². The molecule has 0 N–H and O–H groups in total. The van der Waals surface area contributed by atoms with Gasteiger partial charge in [-0.2, -0.15) is 0 Å². The molecule has 0 saturated carbocycles. The third kappa shape index (κ3) is 3.95. The average molecular weight is 553 g/mol. The molecule has 0 bridgehead atoms. The van der Waals surface area contributed by atoms with Crippen LogP contribution in [0.4, 0.5) is 5.69 Å². The Balaban J connectivity index is 1.35. The second-order valence-electron chi connectivity index (χ2n) is 11.6. The monoisotopic (exact) mass is 552 g/mol. The molecule has 2 heterocycles. The van der Waals surface area contributed by atoms with Gasteiger partial charge in [-0.05, 0) is 40.7 Å². The van der Waals surface area contributed by atoms with E-state index < -0.39 is 17.3 Å². The lowest BCUT2D eigenvalue weighted by Crippen LogP contribution is -2.44. The summed E-state index contributed by atoms with van der Waals surface area (Å²) in [4.78, 5) is 46.0. The van der Waals surface area contributed by atoms with Gasteiger partial charge in [0.05, 0.1) is 18.4 Å². The van der Waals surface area contributed by atoms with E-state index in [-0.39, 0.29) is 36.1 Å². The number of likely N-dealkylation sites (N-methyl/N-ethyl adjacent to an activating group) is 1. The molecular formula is C37H32N2O3. The minimum atomic E-state index is -0.970. The molecule has 0 unspecified atom stereocenters. The molecule has 3 amide bonds. The number of amides is 3. The molecule has 5 nitrogen and oxygen atoms in total. The van der Waals surface area contributed by atoms with Crippen molar-refractivity contribution in [1.29, 1.82) is 0 Å². The first kappa shape index (κ1) is 26.1. The zero-order valence-electron chi connectivity index (χ0n) is 23.5. The minimum Gasteiger partial charge on any atom is -0.314 e. The molecule has 7 rings (SSSR count). The summed E-state index contributed by atoms with van der Waals surface area (Å²) in [5, 5.41) is 0. The Hall–Kier alpha value is -4.77. The summed E-state index contributed by atoms with van der Waals surface area (Å²) in [6.45, 7) is 0.244. The van der Waals surface area contributed by atoms with Gasteiger partial charge in [0.2, 0.25) is 17.7 Å². The number of fused-ring (bicyclic) bond motifs is 2. The van der Waals surface area contributed by atoms with E-state index in [0.29, 0.717) is 6.42 Å². The van der Waals surface area contributed by atoms with Gasteiger partial charge >= 0.3 is 0 Å². The number of allylic oxidation sites excluding steroid dienone is 2. The molecule has 0 aromatic heterocycles. The lowest BCUT2D eigenvalue weighted by molar-refractivity contribution is -0.141. The highest BCUT2D eigenvalue weighted by molar-refractivity contribution is 6.10. The van der Waals surface area contributed by atoms with Crippen LogP contribution in [-0.4, -0.2) is 29.7 Å². The van der Waals surface area contributed by atoms with Crippen molar-refractivity contribution in [3.8, 4) is 0 Å². The fourth-order valence-electron chi connectivity index (χ4n) is 7.52. The third-order valence-corrected chi connectivity index (χ3v) is 9.47. The summed E-state index contributed by atoms with van der Waals surface area (Å²) < 4.78 is 0. The molecular weight excluding hydrogens is 520 g/mol. The van der Waals surface area contributed by atoms with Crippen LogP contribution in [0.1, 0.15) is 34.6 Å². The molecule has 42 heavy (non-hydrogen) atoms. The second-order valence-corrected chi connectivity index (χ2v) is 11.6. The number of imide groups is 1. The Morgan fingerprint density at radius 1 is 0.667 bits per heavy atom. The maximum absolute atomic E-state index is 14.3. The van der Waals surface area contributed by atoms with Crippen molar-refractivity contribution >= 4 is 23.4 Å². The molecule has 208 valence electrons. The highest BCUT2D eigenvalue weighted by Crippen LogP contribution is 2.54. The molecule has 0 spiro atoms. The lowest BCUT2D eigenvalue weighted by atomic mass is 9.62. The Labute approximate surface area is 246 Å². The second kappa shape index (κ2) is 10.3. The first-order chi connectivity index (χ1) is 20.5. The number of nitrogens with zero attached hydrogens (tertiary/aromatic N) is 2. The van der Waals surface area contributed by atoms with Crippen LogP contribution in [0.3, 0.4) is 0 Å². The maximum atomic E-state index is 14.3. The highest BCUT2D eigenvalue weighted by Gasteiger charge is 2.58. The van der Waals surface area contributed by atoms with E-state index in [1.807, 2.05) is 122 Å². The molecule has 0 radical (unpaired) electrons. The molecule has 3 aliphatic rings. The van der Waals surface area contributed by atoms with E-state index in [9.17, 15) is 14.4 Å². The van der Waals surface area contributed by atoms with Crippen molar-refractivity contribution in [3.63, 3.8) is 0 Å². The third-order valence-electron chi connectivity index (χ3n) is 9.47. The number of carbonyl (C=O) groups is 3. The molecule has 4 aromatic carbocycles. The number of rotatable bonds is 6. The van der Waals surface area contributed by atoms with Crippen molar-refractivity contribution < 1.29 is 14.4 Å². The molecule has 5 heteroatoms. The van der Waals surface area contributed by atoms with Gasteiger partial charge in [-0.3, -0.25) is 19.3 Å². The van der Waals surface area contributed by atoms with E-state index in [1.54, 1.807) is 4.90 Å². The zero-order chi connectivity index (χ0) is 28.8. The highest BCUT2D eigenvalue weighted by atomic mass is 16.2. The van der Waals surface area contributed by atoms with Crippen molar-refractivity contribution in [1.82, 2.24) is 4.90 Å². The number of hydrogen-bond donors (Lipinski definition) is 0. The maximum Gasteiger partial charge on any atom is 0.241 e. The van der Waals surface area contributed by atoms with Crippen LogP contribution >= 0.6 is 0 Å². The number of benzene rings is 4. The largest absolute Gasteiger partial charge is 0.314 e. The van der Waals surface area contributed by atoms with Gasteiger partial charge < -0.3 is 4.90 Å². The number of carbonyl (C=O) groups excluding carboxylic acids is 3. The number of hydrogen-bond acceptors (Lipinski definition) is 3. The number of anilines is 1. The van der Waals surface area contributed by atoms with Crippen LogP contribution in [0, 0.1) is 17.8 Å². The normalized spacial score (nSPS) is 26.5. The quantitative estimate of drug-likeness (QED) is 0.214. The summed E-state index contributed by atoms with van der Waals surface area (Å²) in [5.41, 5.74) is 3.69. The van der Waals surface area contributed by atoms with Gasteiger partial charge in [-0.1, -0.05) is 121 Å². The topological polar surface area (TPSA) is 57.7 Å². The molecule has 4 aromatic rings. The first-order valence-electron chi connectivity index (χ1n) is 14.6. The van der Waals surface area contributed by atoms with E-state index in [0.717, 1.165) is 27.9 Å². The van der Waals surface area contributed by atoms with Crippen molar-refractivity contribution in [2.75, 3.05) is 11.9 Å². The fraction of sp³-hybridized carbons (Fsp3) is 0.216. The minimum absolute atomic E-state index is 0.0112. The predicted octanol–water partition coefficient (Wildman–Crippen LogP) is 6.11. The molecule has 1 fully saturated rings. The predicted molar refractivity (Wildman–Crippen MR) is 162 cm³/mol. The van der Waals surface area contributed by atoms with Gasteiger partial charge in [-0.25, -0.2) is 0 Å². The smallest absolute Gasteiger partial charge is 0.241 e. The van der Waals surface area contributed by atoms with E-state index in [2.05, 4.69) is 12.2 Å². The van der Waals surface area contributed by atoms with E-state index in [1.165, 1.54) is 4.90 Å². The molecule has 2 aliphatic heterocycles. The number of likely N-dealkylation sites (tertiary alicyclic amines) is 1. The Kier molecular flexibility index (Phi) is 6.38. The van der Waals surface area contributed by atoms with Crippen LogP contribution in [0.5, 0.6) is 0 Å². The average Bonchev–Trinajstić information content (AvgIpc) is 3.42. The van der Waals surface area contributed by atoms with Gasteiger partial charge in [0, 0.05) is 18.7 Å². The van der Waals surface area contributed by atoms with E-state index in [4.69, 9.17) is 0 Å². The summed E-state index contributed by atoms with van der Waals surface area (Å²) in [6.07, 6.45) is 4.61. The van der Waals surface area contributed by atoms with Gasteiger partial charge in [0.15, 0.2) is 0 Å². The van der Waals surface area contributed by atoms with E-state index >= 15 is 0 Å². The van der Waals surface area contributed by atoms with Crippen molar-refractivity contribution in [2.24, 2.45) is 17.8 Å². The standard InChI is InChI=1S/C37H32N2O3/c1-38-31-20-12-11-19-30(31)37(36(38)42,28-17-9-4-10-18-28)23-27-21-22-29(26-15-7-3-8-16-26)33-32(27)34(40)39(35(33)41)24-25-13-5-2-6-14-25/h2-22,27,29,32-33H,23-24H2,1H3/t27-,29+,32+,33-,37-/m1/s1. The van der Waals surface area contributed by atoms with Crippen LogP contribution in [0.2, 0.25) is 0 Å². The lowest BCUT2D eigenvalue weighted by Gasteiger charge is -2.38. The summed E-state index contributed by atoms with van der Waals surface area (Å²) in [6, 6.07) is 37.5. The Morgan fingerprint density at radius 3 is 1.98 bits per heavy atom. The molecule has 1 saturated heterocycles.